The zero-order chi connectivity index (χ0) is 36.0. The van der Waals surface area contributed by atoms with E-state index in [2.05, 4.69) is 39.1 Å². The van der Waals surface area contributed by atoms with Crippen LogP contribution >= 0.6 is 0 Å². The third-order valence-corrected chi connectivity index (χ3v) is 10.3. The molecule has 4 aromatic rings. The molecule has 2 aromatic heterocycles. The molecule has 1 aliphatic carbocycles. The number of hydrogen-bond donors (Lipinski definition) is 3. The molecule has 1 unspecified atom stereocenters. The summed E-state index contributed by atoms with van der Waals surface area (Å²) >= 11 is 0. The summed E-state index contributed by atoms with van der Waals surface area (Å²) in [6, 6.07) is 10.7. The van der Waals surface area contributed by atoms with Gasteiger partial charge in [0.1, 0.15) is 17.7 Å². The molecule has 3 amide bonds. The number of ether oxygens (including phenoxy) is 1. The summed E-state index contributed by atoms with van der Waals surface area (Å²) in [6.45, 7) is 9.20. The lowest BCUT2D eigenvalue weighted by Crippen LogP contribution is -2.51. The number of methoxy groups -OCH3 is 1. The average molecular weight is 692 g/mol. The largest absolute Gasteiger partial charge is 0.453 e. The minimum atomic E-state index is -0.712. The second-order valence-electron chi connectivity index (χ2n) is 14.6. The minimum absolute atomic E-state index is 0.0465. The summed E-state index contributed by atoms with van der Waals surface area (Å²) in [5.41, 5.74) is 6.27. The van der Waals surface area contributed by atoms with E-state index in [0.717, 1.165) is 71.7 Å². The third kappa shape index (κ3) is 6.43. The zero-order valence-corrected chi connectivity index (χ0v) is 29.8. The third-order valence-electron chi connectivity index (χ3n) is 10.3. The van der Waals surface area contributed by atoms with E-state index in [1.165, 1.54) is 7.11 Å². The topological polar surface area (TPSA) is 153 Å². The molecular formula is C39H45N7O5. The van der Waals surface area contributed by atoms with Gasteiger partial charge in [0.2, 0.25) is 11.8 Å². The lowest BCUT2D eigenvalue weighted by atomic mass is 10.0. The smallest absolute Gasteiger partial charge is 0.407 e. The number of imidazole rings is 2. The zero-order valence-electron chi connectivity index (χ0n) is 29.8. The van der Waals surface area contributed by atoms with Crippen molar-refractivity contribution in [2.24, 2.45) is 11.8 Å². The molecule has 4 heterocycles. The number of aromatic nitrogens is 4. The Kier molecular flexibility index (Phi) is 9.26. The van der Waals surface area contributed by atoms with Gasteiger partial charge in [-0.25, -0.2) is 14.8 Å². The average Bonchev–Trinajstić information content (AvgIpc) is 3.96. The van der Waals surface area contributed by atoms with E-state index >= 15 is 0 Å². The Bertz CT molecular complexity index is 1990. The number of aromatic amines is 2. The summed E-state index contributed by atoms with van der Waals surface area (Å²) in [7, 11) is 1.28. The molecule has 0 spiro atoms. The molecule has 7 rings (SSSR count). The molecule has 3 N–H and O–H groups in total. The van der Waals surface area contributed by atoms with Crippen LogP contribution in [0.5, 0.6) is 0 Å². The maximum Gasteiger partial charge on any atom is 0.407 e. The normalized spacial score (nSPS) is 18.8. The Morgan fingerprint density at radius 3 is 1.86 bits per heavy atom. The molecule has 3 atom stereocenters. The van der Waals surface area contributed by atoms with Crippen molar-refractivity contribution in [3.05, 3.63) is 71.6 Å². The fourth-order valence-corrected chi connectivity index (χ4v) is 7.73. The van der Waals surface area contributed by atoms with E-state index in [1.54, 1.807) is 17.3 Å². The number of H-pyrrole nitrogens is 2. The number of nitrogens with one attached hydrogen (secondary N) is 3. The van der Waals surface area contributed by atoms with Crippen LogP contribution in [0.15, 0.2) is 48.8 Å². The van der Waals surface area contributed by atoms with Crippen LogP contribution in [-0.4, -0.2) is 79.7 Å². The number of amides is 3. The van der Waals surface area contributed by atoms with Crippen molar-refractivity contribution in [3.8, 4) is 33.6 Å². The summed E-state index contributed by atoms with van der Waals surface area (Å²) in [4.78, 5) is 72.2. The molecule has 0 radical (unpaired) electrons. The number of likely N-dealkylation sites (tertiary alicyclic amines) is 2. The van der Waals surface area contributed by atoms with E-state index in [4.69, 9.17) is 4.74 Å². The monoisotopic (exact) mass is 691 g/mol. The van der Waals surface area contributed by atoms with E-state index < -0.39 is 12.1 Å². The summed E-state index contributed by atoms with van der Waals surface area (Å²) in [6.07, 6.45) is 6.81. The van der Waals surface area contributed by atoms with Gasteiger partial charge < -0.3 is 29.8 Å². The van der Waals surface area contributed by atoms with Crippen LogP contribution < -0.4 is 5.32 Å². The molecule has 3 aliphatic rings. The van der Waals surface area contributed by atoms with Crippen LogP contribution in [-0.2, 0) is 14.3 Å². The second kappa shape index (κ2) is 13.8. The standard InChI is InChI=1S/C39H45N7O5/c1-21(2)16-33(47)45-14-6-8-31(45)36-40-19-29(42-36)23-10-12-25-26-13-11-24(18-28(26)35(48)27(25)17-23)30-20-41-37(43-30)32-9-7-15-46(32)38(49)34(22(3)4)44-39(50)51-5/h10-13,17-22,31-32,34H,6-9,14-16H2,1-5H3,(H,40,42)(H,41,43)(H,44,50)/t31-,32-,34?/m0/s1. The SMILES string of the molecule is COC(=O)NC(C(=O)N1CCC[C@H]1c1ncc(-c2ccc3c(c2)C(=O)c2cc(-c4cnc([C@@H]5CCCN5C(=O)CC(C)C)[nH]4)ccc2-3)[nH]1)C(C)C. The van der Waals surface area contributed by atoms with Crippen LogP contribution in [0.3, 0.4) is 0 Å². The Hall–Kier alpha value is -5.26. The van der Waals surface area contributed by atoms with Crippen molar-refractivity contribution in [2.45, 2.75) is 77.9 Å². The van der Waals surface area contributed by atoms with Gasteiger partial charge in [0, 0.05) is 41.8 Å². The fraction of sp³-hybridized carbons (Fsp3) is 0.436. The first-order valence-corrected chi connectivity index (χ1v) is 17.9. The highest BCUT2D eigenvalue weighted by Crippen LogP contribution is 2.41. The number of hydrogen-bond acceptors (Lipinski definition) is 7. The first-order valence-electron chi connectivity index (χ1n) is 17.9. The molecule has 0 saturated carbocycles. The molecular weight excluding hydrogens is 646 g/mol. The van der Waals surface area contributed by atoms with Crippen LogP contribution in [0.1, 0.15) is 99.5 Å². The molecule has 2 aromatic carbocycles. The Morgan fingerprint density at radius 1 is 0.824 bits per heavy atom. The highest BCUT2D eigenvalue weighted by molar-refractivity contribution is 6.22. The summed E-state index contributed by atoms with van der Waals surface area (Å²) < 4.78 is 4.75. The first-order chi connectivity index (χ1) is 24.5. The number of fused-ring (bicyclic) bond motifs is 3. The first kappa shape index (κ1) is 34.2. The maximum atomic E-state index is 13.8. The minimum Gasteiger partial charge on any atom is -0.453 e. The van der Waals surface area contributed by atoms with Gasteiger partial charge in [-0.05, 0) is 60.8 Å². The number of nitrogens with zero attached hydrogens (tertiary/aromatic N) is 4. The van der Waals surface area contributed by atoms with Gasteiger partial charge in [-0.15, -0.1) is 0 Å². The quantitative estimate of drug-likeness (QED) is 0.161. The predicted molar refractivity (Wildman–Crippen MR) is 191 cm³/mol. The van der Waals surface area contributed by atoms with Gasteiger partial charge in [0.15, 0.2) is 5.78 Å². The Morgan fingerprint density at radius 2 is 1.35 bits per heavy atom. The number of carbonyl (C=O) groups excluding carboxylic acids is 4. The van der Waals surface area contributed by atoms with Crippen LogP contribution in [0.2, 0.25) is 0 Å². The molecule has 0 bridgehead atoms. The number of ketones is 1. The molecule has 12 nitrogen and oxygen atoms in total. The van der Waals surface area contributed by atoms with E-state index in [-0.39, 0.29) is 35.6 Å². The predicted octanol–water partition coefficient (Wildman–Crippen LogP) is 6.43. The molecule has 2 fully saturated rings. The highest BCUT2D eigenvalue weighted by atomic mass is 16.5. The molecule has 12 heteroatoms. The van der Waals surface area contributed by atoms with E-state index in [0.29, 0.717) is 35.8 Å². The van der Waals surface area contributed by atoms with Crippen molar-refractivity contribution in [1.29, 1.82) is 0 Å². The fourth-order valence-electron chi connectivity index (χ4n) is 7.73. The molecule has 2 aliphatic heterocycles. The van der Waals surface area contributed by atoms with Crippen molar-refractivity contribution in [3.63, 3.8) is 0 Å². The number of rotatable bonds is 9. The van der Waals surface area contributed by atoms with Crippen molar-refractivity contribution in [1.82, 2.24) is 35.1 Å². The van der Waals surface area contributed by atoms with Crippen molar-refractivity contribution in [2.75, 3.05) is 20.2 Å². The second-order valence-corrected chi connectivity index (χ2v) is 14.6. The Labute approximate surface area is 297 Å². The lowest BCUT2D eigenvalue weighted by Gasteiger charge is -2.30. The van der Waals surface area contributed by atoms with Gasteiger partial charge in [0.05, 0.1) is 43.0 Å². The van der Waals surface area contributed by atoms with Gasteiger partial charge in [0.25, 0.3) is 0 Å². The van der Waals surface area contributed by atoms with Crippen LogP contribution in [0.25, 0.3) is 33.6 Å². The highest BCUT2D eigenvalue weighted by Gasteiger charge is 2.38. The number of benzene rings is 2. The number of carbonyl (C=O) groups is 4. The lowest BCUT2D eigenvalue weighted by molar-refractivity contribution is -0.135. The molecule has 266 valence electrons. The van der Waals surface area contributed by atoms with Gasteiger partial charge in [-0.3, -0.25) is 14.4 Å². The van der Waals surface area contributed by atoms with Gasteiger partial charge in [-0.2, -0.15) is 0 Å². The number of alkyl carbamates (subject to hydrolysis) is 1. The van der Waals surface area contributed by atoms with Crippen LogP contribution in [0, 0.1) is 11.8 Å². The van der Waals surface area contributed by atoms with Gasteiger partial charge in [-0.1, -0.05) is 52.0 Å². The Balaban J connectivity index is 1.08. The van der Waals surface area contributed by atoms with Crippen molar-refractivity contribution >= 4 is 23.7 Å². The summed E-state index contributed by atoms with van der Waals surface area (Å²) in [5, 5.41) is 2.68. The maximum absolute atomic E-state index is 13.8. The summed E-state index contributed by atoms with van der Waals surface area (Å²) in [5.74, 6) is 1.57. The molecule has 2 saturated heterocycles. The van der Waals surface area contributed by atoms with E-state index in [9.17, 15) is 19.2 Å². The molecule has 51 heavy (non-hydrogen) atoms. The van der Waals surface area contributed by atoms with Gasteiger partial charge >= 0.3 is 6.09 Å². The van der Waals surface area contributed by atoms with E-state index in [1.807, 2.05) is 55.1 Å². The van der Waals surface area contributed by atoms with Crippen molar-refractivity contribution < 1.29 is 23.9 Å². The van der Waals surface area contributed by atoms with Crippen LogP contribution in [0.4, 0.5) is 4.79 Å².